The van der Waals surface area contributed by atoms with E-state index in [9.17, 15) is 5.11 Å². The van der Waals surface area contributed by atoms with Crippen molar-refractivity contribution in [3.63, 3.8) is 0 Å². The van der Waals surface area contributed by atoms with Gasteiger partial charge in [-0.3, -0.25) is 0 Å². The second kappa shape index (κ2) is 5.21. The van der Waals surface area contributed by atoms with E-state index >= 15 is 0 Å². The summed E-state index contributed by atoms with van der Waals surface area (Å²) >= 11 is 0. The molecule has 0 atom stereocenters. The van der Waals surface area contributed by atoms with Gasteiger partial charge in [-0.2, -0.15) is 0 Å². The second-order valence-electron chi connectivity index (χ2n) is 6.31. The summed E-state index contributed by atoms with van der Waals surface area (Å²) in [4.78, 5) is 0. The Kier molecular flexibility index (Phi) is 3.84. The molecule has 1 aliphatic carbocycles. The first-order valence-corrected chi connectivity index (χ1v) is 6.97. The van der Waals surface area contributed by atoms with E-state index in [-0.39, 0.29) is 5.41 Å². The maximum absolute atomic E-state index is 10.1. The highest BCUT2D eigenvalue weighted by atomic mass is 16.5. The molecule has 0 aliphatic heterocycles. The molecule has 0 radical (unpaired) electrons. The van der Waals surface area contributed by atoms with Gasteiger partial charge in [-0.1, -0.05) is 33.3 Å². The molecule has 1 fully saturated rings. The highest BCUT2D eigenvalue weighted by Gasteiger charge is 2.19. The highest BCUT2D eigenvalue weighted by Crippen LogP contribution is 2.34. The van der Waals surface area contributed by atoms with E-state index < -0.39 is 0 Å². The second-order valence-corrected chi connectivity index (χ2v) is 6.31. The van der Waals surface area contributed by atoms with E-state index in [1.54, 1.807) is 6.07 Å². The quantitative estimate of drug-likeness (QED) is 0.840. The molecule has 2 nitrogen and oxygen atoms in total. The molecule has 0 bridgehead atoms. The fraction of sp³-hybridized carbons (Fsp3) is 0.625. The van der Waals surface area contributed by atoms with Crippen LogP contribution in [0.5, 0.6) is 11.5 Å². The number of rotatable bonds is 2. The lowest BCUT2D eigenvalue weighted by Gasteiger charge is -2.24. The Morgan fingerprint density at radius 1 is 1.11 bits per heavy atom. The smallest absolute Gasteiger partial charge is 0.123 e. The third-order valence-corrected chi connectivity index (χ3v) is 3.63. The molecule has 18 heavy (non-hydrogen) atoms. The fourth-order valence-electron chi connectivity index (χ4n) is 2.59. The molecule has 0 unspecified atom stereocenters. The van der Waals surface area contributed by atoms with Crippen LogP contribution in [0.15, 0.2) is 18.2 Å². The Morgan fingerprint density at radius 3 is 2.33 bits per heavy atom. The zero-order valence-electron chi connectivity index (χ0n) is 11.7. The van der Waals surface area contributed by atoms with Crippen molar-refractivity contribution in [1.29, 1.82) is 0 Å². The Hall–Kier alpha value is -1.18. The van der Waals surface area contributed by atoms with E-state index in [0.29, 0.717) is 11.9 Å². The van der Waals surface area contributed by atoms with Gasteiger partial charge in [-0.15, -0.1) is 0 Å². The zero-order chi connectivity index (χ0) is 13.2. The highest BCUT2D eigenvalue weighted by molar-refractivity contribution is 5.43. The molecule has 0 amide bonds. The maximum atomic E-state index is 10.1. The number of phenolic OH excluding ortho intramolecular Hbond substituents is 1. The van der Waals surface area contributed by atoms with Crippen LogP contribution in [0.25, 0.3) is 0 Å². The molecule has 0 saturated heterocycles. The molecule has 100 valence electrons. The zero-order valence-corrected chi connectivity index (χ0v) is 11.7. The van der Waals surface area contributed by atoms with Crippen LogP contribution >= 0.6 is 0 Å². The average molecular weight is 248 g/mol. The minimum absolute atomic E-state index is 0.0343. The molecule has 1 aromatic carbocycles. The SMILES string of the molecule is CC(C)(C)c1ccc(OC2CCCCC2)cc1O. The minimum atomic E-state index is -0.0343. The first-order chi connectivity index (χ1) is 8.47. The molecule has 1 aromatic rings. The number of benzene rings is 1. The van der Waals surface area contributed by atoms with Crippen LogP contribution in [0.4, 0.5) is 0 Å². The van der Waals surface area contributed by atoms with Gasteiger partial charge in [0, 0.05) is 6.07 Å². The molecule has 1 saturated carbocycles. The summed E-state index contributed by atoms with van der Waals surface area (Å²) in [5, 5.41) is 10.1. The van der Waals surface area contributed by atoms with Crippen LogP contribution in [0.3, 0.4) is 0 Å². The summed E-state index contributed by atoms with van der Waals surface area (Å²) < 4.78 is 5.94. The van der Waals surface area contributed by atoms with Crippen molar-refractivity contribution >= 4 is 0 Å². The van der Waals surface area contributed by atoms with Gasteiger partial charge >= 0.3 is 0 Å². The molecule has 1 aliphatic rings. The van der Waals surface area contributed by atoms with Gasteiger partial charge in [0.05, 0.1) is 6.10 Å². The van der Waals surface area contributed by atoms with Crippen molar-refractivity contribution in [3.05, 3.63) is 23.8 Å². The first-order valence-electron chi connectivity index (χ1n) is 6.97. The lowest BCUT2D eigenvalue weighted by molar-refractivity contribution is 0.154. The van der Waals surface area contributed by atoms with Gasteiger partial charge in [0.2, 0.25) is 0 Å². The van der Waals surface area contributed by atoms with Crippen LogP contribution in [-0.4, -0.2) is 11.2 Å². The predicted molar refractivity (Wildman–Crippen MR) is 74.3 cm³/mol. The van der Waals surface area contributed by atoms with Crippen molar-refractivity contribution in [2.45, 2.75) is 64.4 Å². The molecular weight excluding hydrogens is 224 g/mol. The lowest BCUT2D eigenvalue weighted by Crippen LogP contribution is -2.19. The maximum Gasteiger partial charge on any atom is 0.123 e. The van der Waals surface area contributed by atoms with Gasteiger partial charge in [0.1, 0.15) is 11.5 Å². The Labute approximate surface area is 110 Å². The third-order valence-electron chi connectivity index (χ3n) is 3.63. The normalized spacial score (nSPS) is 17.7. The molecule has 0 aromatic heterocycles. The van der Waals surface area contributed by atoms with Crippen LogP contribution < -0.4 is 4.74 Å². The number of hydrogen-bond donors (Lipinski definition) is 1. The fourth-order valence-corrected chi connectivity index (χ4v) is 2.59. The summed E-state index contributed by atoms with van der Waals surface area (Å²) in [6.07, 6.45) is 6.46. The Bertz CT molecular complexity index is 398. The van der Waals surface area contributed by atoms with Crippen molar-refractivity contribution < 1.29 is 9.84 Å². The van der Waals surface area contributed by atoms with E-state index in [1.165, 1.54) is 19.3 Å². The first kappa shape index (κ1) is 13.3. The molecule has 0 heterocycles. The van der Waals surface area contributed by atoms with Crippen LogP contribution in [0.2, 0.25) is 0 Å². The molecule has 0 spiro atoms. The summed E-state index contributed by atoms with van der Waals surface area (Å²) in [6.45, 7) is 6.30. The predicted octanol–water partition coefficient (Wildman–Crippen LogP) is 4.40. The Morgan fingerprint density at radius 2 is 1.78 bits per heavy atom. The topological polar surface area (TPSA) is 29.5 Å². The van der Waals surface area contributed by atoms with E-state index in [0.717, 1.165) is 24.2 Å². The van der Waals surface area contributed by atoms with E-state index in [1.807, 2.05) is 12.1 Å². The molecule has 1 N–H and O–H groups in total. The van der Waals surface area contributed by atoms with E-state index in [2.05, 4.69) is 20.8 Å². The summed E-state index contributed by atoms with van der Waals surface area (Å²) in [5.41, 5.74) is 0.937. The summed E-state index contributed by atoms with van der Waals surface area (Å²) in [7, 11) is 0. The Balaban J connectivity index is 2.08. The molecular formula is C16H24O2. The summed E-state index contributed by atoms with van der Waals surface area (Å²) in [5.74, 6) is 1.14. The van der Waals surface area contributed by atoms with Gasteiger partial charge in [-0.05, 0) is 42.7 Å². The van der Waals surface area contributed by atoms with Gasteiger partial charge < -0.3 is 9.84 Å². The van der Waals surface area contributed by atoms with Crippen molar-refractivity contribution in [3.8, 4) is 11.5 Å². The van der Waals surface area contributed by atoms with Crippen molar-refractivity contribution in [1.82, 2.24) is 0 Å². The monoisotopic (exact) mass is 248 g/mol. The number of ether oxygens (including phenoxy) is 1. The van der Waals surface area contributed by atoms with Crippen molar-refractivity contribution in [2.24, 2.45) is 0 Å². The van der Waals surface area contributed by atoms with Gasteiger partial charge in [0.25, 0.3) is 0 Å². The van der Waals surface area contributed by atoms with E-state index in [4.69, 9.17) is 4.74 Å². The number of phenols is 1. The average Bonchev–Trinajstić information content (AvgIpc) is 2.28. The third kappa shape index (κ3) is 3.18. The minimum Gasteiger partial charge on any atom is -0.508 e. The van der Waals surface area contributed by atoms with Crippen LogP contribution in [0, 0.1) is 0 Å². The lowest BCUT2D eigenvalue weighted by atomic mass is 9.86. The van der Waals surface area contributed by atoms with Crippen molar-refractivity contribution in [2.75, 3.05) is 0 Å². The van der Waals surface area contributed by atoms with Gasteiger partial charge in [-0.25, -0.2) is 0 Å². The largest absolute Gasteiger partial charge is 0.508 e. The molecule has 2 heteroatoms. The van der Waals surface area contributed by atoms with Crippen LogP contribution in [0.1, 0.15) is 58.4 Å². The molecule has 2 rings (SSSR count). The van der Waals surface area contributed by atoms with Gasteiger partial charge in [0.15, 0.2) is 0 Å². The van der Waals surface area contributed by atoms with Crippen LogP contribution in [-0.2, 0) is 5.41 Å². The number of hydrogen-bond acceptors (Lipinski definition) is 2. The summed E-state index contributed by atoms with van der Waals surface area (Å²) in [6, 6.07) is 5.72. The standard InChI is InChI=1S/C16H24O2/c1-16(2,3)14-10-9-13(11-15(14)17)18-12-7-5-4-6-8-12/h9-12,17H,4-8H2,1-3H3. The number of aromatic hydroxyl groups is 1.